The third kappa shape index (κ3) is 5.15. The first-order chi connectivity index (χ1) is 12.9. The van der Waals surface area contributed by atoms with Crippen LogP contribution in [0.25, 0.3) is 0 Å². The lowest BCUT2D eigenvalue weighted by atomic mass is 9.95. The Morgan fingerprint density at radius 1 is 1.26 bits per heavy atom. The van der Waals surface area contributed by atoms with Gasteiger partial charge in [-0.15, -0.1) is 0 Å². The van der Waals surface area contributed by atoms with Crippen molar-refractivity contribution in [2.75, 3.05) is 13.7 Å². The highest BCUT2D eigenvalue weighted by Gasteiger charge is 2.33. The van der Waals surface area contributed by atoms with Crippen molar-refractivity contribution in [1.29, 1.82) is 0 Å². The summed E-state index contributed by atoms with van der Waals surface area (Å²) in [7, 11) is 1.56. The molecule has 0 saturated heterocycles. The average molecular weight is 376 g/mol. The minimum atomic E-state index is -0.636. The van der Waals surface area contributed by atoms with Crippen molar-refractivity contribution in [2.24, 2.45) is 0 Å². The van der Waals surface area contributed by atoms with E-state index in [0.29, 0.717) is 34.9 Å². The van der Waals surface area contributed by atoms with Crippen LogP contribution in [0.2, 0.25) is 0 Å². The Kier molecular flexibility index (Phi) is 7.10. The summed E-state index contributed by atoms with van der Waals surface area (Å²) in [4.78, 5) is 24.6. The van der Waals surface area contributed by atoms with Crippen LogP contribution >= 0.6 is 0 Å². The van der Waals surface area contributed by atoms with Gasteiger partial charge in [0.2, 0.25) is 0 Å². The lowest BCUT2D eigenvalue weighted by Crippen LogP contribution is -2.45. The molecule has 7 nitrogen and oxygen atoms in total. The Balaban J connectivity index is 2.36. The van der Waals surface area contributed by atoms with E-state index < -0.39 is 12.0 Å². The van der Waals surface area contributed by atoms with Crippen LogP contribution in [0, 0.1) is 0 Å². The van der Waals surface area contributed by atoms with Crippen LogP contribution in [0.15, 0.2) is 29.5 Å². The van der Waals surface area contributed by atoms with Gasteiger partial charge in [0.05, 0.1) is 31.4 Å². The van der Waals surface area contributed by atoms with E-state index >= 15 is 0 Å². The summed E-state index contributed by atoms with van der Waals surface area (Å²) in [6, 6.07) is 4.37. The molecule has 0 bridgehead atoms. The zero-order chi connectivity index (χ0) is 20.0. The molecule has 148 valence electrons. The molecule has 0 aliphatic carbocycles. The minimum Gasteiger partial charge on any atom is -0.493 e. The molecule has 0 fully saturated rings. The predicted molar refractivity (Wildman–Crippen MR) is 102 cm³/mol. The lowest BCUT2D eigenvalue weighted by Gasteiger charge is -2.29. The van der Waals surface area contributed by atoms with Gasteiger partial charge < -0.3 is 24.8 Å². The van der Waals surface area contributed by atoms with Gasteiger partial charge in [0.1, 0.15) is 0 Å². The van der Waals surface area contributed by atoms with Crippen LogP contribution in [-0.2, 0) is 9.53 Å². The normalized spacial score (nSPS) is 16.7. The summed E-state index contributed by atoms with van der Waals surface area (Å²) in [5, 5.41) is 5.42. The number of carbonyl (C=O) groups is 2. The largest absolute Gasteiger partial charge is 0.493 e. The first-order valence-corrected chi connectivity index (χ1v) is 9.17. The maximum absolute atomic E-state index is 12.6. The Bertz CT molecular complexity index is 727. The van der Waals surface area contributed by atoms with Crippen LogP contribution in [0.1, 0.15) is 52.1 Å². The number of ether oxygens (including phenoxy) is 3. The number of unbranched alkanes of at least 4 members (excludes halogenated alkanes) is 1. The molecule has 1 aromatic carbocycles. The number of hydrogen-bond acceptors (Lipinski definition) is 5. The van der Waals surface area contributed by atoms with E-state index in [1.54, 1.807) is 40.0 Å². The number of methoxy groups -OCH3 is 1. The molecule has 2 N–H and O–H groups in total. The van der Waals surface area contributed by atoms with Crippen LogP contribution in [-0.4, -0.2) is 31.8 Å². The molecule has 0 unspecified atom stereocenters. The van der Waals surface area contributed by atoms with Gasteiger partial charge >= 0.3 is 12.0 Å². The molecule has 1 aliphatic heterocycles. The predicted octanol–water partition coefficient (Wildman–Crippen LogP) is 3.45. The topological polar surface area (TPSA) is 85.9 Å². The van der Waals surface area contributed by atoms with Gasteiger partial charge in [-0.3, -0.25) is 0 Å². The number of allylic oxidation sites excluding steroid dienone is 1. The second kappa shape index (κ2) is 9.30. The van der Waals surface area contributed by atoms with Crippen LogP contribution in [0.5, 0.6) is 11.5 Å². The molecule has 1 aromatic rings. The Morgan fingerprint density at radius 2 is 2.00 bits per heavy atom. The summed E-state index contributed by atoms with van der Waals surface area (Å²) in [6.45, 7) is 7.94. The molecule has 2 rings (SSSR count). The molecule has 0 aromatic heterocycles. The van der Waals surface area contributed by atoms with Crippen molar-refractivity contribution in [1.82, 2.24) is 10.6 Å². The van der Waals surface area contributed by atoms with Crippen molar-refractivity contribution in [2.45, 2.75) is 52.7 Å². The SMILES string of the molecule is CCCCOc1ccc([C@@H]2NC(=O)NC(C)=C2C(=O)OC(C)C)cc1OC. The van der Waals surface area contributed by atoms with Gasteiger partial charge in [0, 0.05) is 5.70 Å². The highest BCUT2D eigenvalue weighted by molar-refractivity contribution is 5.95. The molecule has 0 spiro atoms. The van der Waals surface area contributed by atoms with E-state index in [-0.39, 0.29) is 12.1 Å². The molecule has 1 heterocycles. The highest BCUT2D eigenvalue weighted by Crippen LogP contribution is 2.34. The average Bonchev–Trinajstić information content (AvgIpc) is 2.60. The van der Waals surface area contributed by atoms with E-state index in [9.17, 15) is 9.59 Å². The fraction of sp³-hybridized carbons (Fsp3) is 0.500. The summed E-state index contributed by atoms with van der Waals surface area (Å²) in [5.74, 6) is 0.704. The third-order valence-corrected chi connectivity index (χ3v) is 4.11. The summed E-state index contributed by atoms with van der Waals surface area (Å²) < 4.78 is 16.5. The molecular weight excluding hydrogens is 348 g/mol. The number of urea groups is 1. The maximum atomic E-state index is 12.6. The van der Waals surface area contributed by atoms with Crippen molar-refractivity contribution in [3.63, 3.8) is 0 Å². The molecule has 1 atom stereocenters. The highest BCUT2D eigenvalue weighted by atomic mass is 16.5. The van der Waals surface area contributed by atoms with Crippen molar-refractivity contribution < 1.29 is 23.8 Å². The standard InChI is InChI=1S/C20H28N2O5/c1-6-7-10-26-15-9-8-14(11-16(15)25-5)18-17(19(23)27-12(2)3)13(4)21-20(24)22-18/h8-9,11-12,18H,6-7,10H2,1-5H3,(H2,21,22,24)/t18-/m0/s1. The van der Waals surface area contributed by atoms with Crippen LogP contribution < -0.4 is 20.1 Å². The van der Waals surface area contributed by atoms with Crippen molar-refractivity contribution in [3.05, 3.63) is 35.0 Å². The number of nitrogens with one attached hydrogen (secondary N) is 2. The number of carbonyl (C=O) groups excluding carboxylic acids is 2. The molecule has 0 saturated carbocycles. The number of amides is 2. The van der Waals surface area contributed by atoms with E-state index in [2.05, 4.69) is 17.6 Å². The molecule has 7 heteroatoms. The van der Waals surface area contributed by atoms with E-state index in [1.165, 1.54) is 0 Å². The number of esters is 1. The lowest BCUT2D eigenvalue weighted by molar-refractivity contribution is -0.143. The summed E-state index contributed by atoms with van der Waals surface area (Å²) in [6.07, 6.45) is 1.72. The zero-order valence-electron chi connectivity index (χ0n) is 16.5. The van der Waals surface area contributed by atoms with E-state index in [0.717, 1.165) is 12.8 Å². The van der Waals surface area contributed by atoms with Gasteiger partial charge in [0.25, 0.3) is 0 Å². The van der Waals surface area contributed by atoms with Gasteiger partial charge in [-0.2, -0.15) is 0 Å². The Morgan fingerprint density at radius 3 is 2.63 bits per heavy atom. The van der Waals surface area contributed by atoms with Gasteiger partial charge in [0.15, 0.2) is 11.5 Å². The molecule has 0 radical (unpaired) electrons. The van der Waals surface area contributed by atoms with E-state index in [4.69, 9.17) is 14.2 Å². The molecule has 2 amide bonds. The number of rotatable bonds is 8. The van der Waals surface area contributed by atoms with Crippen molar-refractivity contribution >= 4 is 12.0 Å². The third-order valence-electron chi connectivity index (χ3n) is 4.11. The fourth-order valence-electron chi connectivity index (χ4n) is 2.80. The summed E-state index contributed by atoms with van der Waals surface area (Å²) in [5.41, 5.74) is 1.54. The van der Waals surface area contributed by atoms with Gasteiger partial charge in [-0.05, 0) is 44.9 Å². The second-order valence-corrected chi connectivity index (χ2v) is 6.64. The summed E-state index contributed by atoms with van der Waals surface area (Å²) >= 11 is 0. The smallest absolute Gasteiger partial charge is 0.338 e. The van der Waals surface area contributed by atoms with Crippen molar-refractivity contribution in [3.8, 4) is 11.5 Å². The maximum Gasteiger partial charge on any atom is 0.338 e. The first kappa shape index (κ1) is 20.6. The number of hydrogen-bond donors (Lipinski definition) is 2. The second-order valence-electron chi connectivity index (χ2n) is 6.64. The molecular formula is C20H28N2O5. The minimum absolute atomic E-state index is 0.264. The number of benzene rings is 1. The Hall–Kier alpha value is -2.70. The molecule has 27 heavy (non-hydrogen) atoms. The Labute approximate surface area is 160 Å². The van der Waals surface area contributed by atoms with Gasteiger partial charge in [-0.25, -0.2) is 9.59 Å². The zero-order valence-corrected chi connectivity index (χ0v) is 16.5. The van der Waals surface area contributed by atoms with Crippen LogP contribution in [0.3, 0.4) is 0 Å². The van der Waals surface area contributed by atoms with Crippen LogP contribution in [0.4, 0.5) is 4.79 Å². The first-order valence-electron chi connectivity index (χ1n) is 9.17. The quantitative estimate of drug-likeness (QED) is 0.536. The van der Waals surface area contributed by atoms with E-state index in [1.807, 2.05) is 6.07 Å². The van der Waals surface area contributed by atoms with Gasteiger partial charge in [-0.1, -0.05) is 19.4 Å². The molecule has 1 aliphatic rings. The monoisotopic (exact) mass is 376 g/mol. The fourth-order valence-corrected chi connectivity index (χ4v) is 2.80.